The number of thiophene rings is 1. The quantitative estimate of drug-likeness (QED) is 0.880. The maximum atomic E-state index is 12.3. The average Bonchev–Trinajstić information content (AvgIpc) is 3.15. The lowest BCUT2D eigenvalue weighted by atomic mass is 10.1. The Kier molecular flexibility index (Phi) is 4.98. The number of rotatable bonds is 5. The Morgan fingerprint density at radius 3 is 3.14 bits per heavy atom. The molecule has 2 atom stereocenters. The number of aliphatic hydroxyl groups excluding tert-OH is 1. The van der Waals surface area contributed by atoms with E-state index in [0.717, 1.165) is 28.5 Å². The first-order chi connectivity index (χ1) is 10.7. The predicted octanol–water partition coefficient (Wildman–Crippen LogP) is 2.75. The van der Waals surface area contributed by atoms with E-state index in [0.29, 0.717) is 11.6 Å². The minimum Gasteiger partial charge on any atom is -0.394 e. The Balaban J connectivity index is 1.68. The van der Waals surface area contributed by atoms with Gasteiger partial charge in [-0.05, 0) is 47.4 Å². The van der Waals surface area contributed by atoms with Crippen LogP contribution in [0.1, 0.15) is 18.4 Å². The molecule has 0 radical (unpaired) electrons. The van der Waals surface area contributed by atoms with Gasteiger partial charge in [-0.25, -0.2) is 0 Å². The van der Waals surface area contributed by atoms with Crippen LogP contribution in [0.5, 0.6) is 0 Å². The molecule has 0 spiro atoms. The van der Waals surface area contributed by atoms with E-state index in [4.69, 9.17) is 16.3 Å². The van der Waals surface area contributed by atoms with Crippen LogP contribution in [0.25, 0.3) is 10.1 Å². The van der Waals surface area contributed by atoms with E-state index < -0.39 is 0 Å². The molecule has 2 heterocycles. The molecule has 0 aliphatic carbocycles. The lowest BCUT2D eigenvalue weighted by molar-refractivity contribution is -0.122. The van der Waals surface area contributed by atoms with Gasteiger partial charge in [-0.1, -0.05) is 11.6 Å². The van der Waals surface area contributed by atoms with Crippen LogP contribution in [-0.4, -0.2) is 36.4 Å². The number of hydrogen-bond acceptors (Lipinski definition) is 4. The Labute approximate surface area is 138 Å². The fourth-order valence-corrected chi connectivity index (χ4v) is 3.91. The maximum absolute atomic E-state index is 12.3. The summed E-state index contributed by atoms with van der Waals surface area (Å²) in [5, 5.41) is 16.0. The number of carbonyl (C=O) groups excluding carboxylic acids is 1. The topological polar surface area (TPSA) is 58.6 Å². The van der Waals surface area contributed by atoms with Crippen LogP contribution >= 0.6 is 22.9 Å². The van der Waals surface area contributed by atoms with Crippen LogP contribution < -0.4 is 5.32 Å². The molecule has 2 N–H and O–H groups in total. The number of amides is 1. The van der Waals surface area contributed by atoms with Gasteiger partial charge in [-0.3, -0.25) is 4.79 Å². The van der Waals surface area contributed by atoms with Gasteiger partial charge in [-0.15, -0.1) is 11.3 Å². The summed E-state index contributed by atoms with van der Waals surface area (Å²) < 4.78 is 6.65. The van der Waals surface area contributed by atoms with Crippen LogP contribution in [-0.2, 0) is 16.0 Å². The number of benzene rings is 1. The van der Waals surface area contributed by atoms with Crippen molar-refractivity contribution in [1.29, 1.82) is 0 Å². The van der Waals surface area contributed by atoms with E-state index in [2.05, 4.69) is 5.32 Å². The molecule has 1 aliphatic heterocycles. The zero-order valence-electron chi connectivity index (χ0n) is 12.0. The molecule has 22 heavy (non-hydrogen) atoms. The summed E-state index contributed by atoms with van der Waals surface area (Å²) in [6.07, 6.45) is 2.05. The van der Waals surface area contributed by atoms with Crippen molar-refractivity contribution in [2.45, 2.75) is 31.4 Å². The molecule has 1 aromatic carbocycles. The monoisotopic (exact) mass is 339 g/mol. The van der Waals surface area contributed by atoms with Gasteiger partial charge in [0.1, 0.15) is 0 Å². The van der Waals surface area contributed by atoms with Crippen LogP contribution in [0, 0.1) is 0 Å². The summed E-state index contributed by atoms with van der Waals surface area (Å²) >= 11 is 7.63. The molecule has 118 valence electrons. The van der Waals surface area contributed by atoms with E-state index in [1.807, 2.05) is 23.6 Å². The van der Waals surface area contributed by atoms with Gasteiger partial charge in [0, 0.05) is 16.3 Å². The summed E-state index contributed by atoms with van der Waals surface area (Å²) in [6, 6.07) is 5.37. The molecule has 1 amide bonds. The molecule has 2 unspecified atom stereocenters. The number of hydrogen-bond donors (Lipinski definition) is 2. The van der Waals surface area contributed by atoms with Crippen molar-refractivity contribution in [1.82, 2.24) is 5.32 Å². The number of fused-ring (bicyclic) bond motifs is 1. The third-order valence-corrected chi connectivity index (χ3v) is 5.17. The van der Waals surface area contributed by atoms with Gasteiger partial charge in [0.05, 0.1) is 25.2 Å². The highest BCUT2D eigenvalue weighted by Gasteiger charge is 2.26. The van der Waals surface area contributed by atoms with Crippen molar-refractivity contribution in [3.63, 3.8) is 0 Å². The molecule has 0 bridgehead atoms. The zero-order valence-corrected chi connectivity index (χ0v) is 13.6. The molecular formula is C16H18ClNO3S. The van der Waals surface area contributed by atoms with Crippen molar-refractivity contribution < 1.29 is 14.6 Å². The van der Waals surface area contributed by atoms with Gasteiger partial charge in [-0.2, -0.15) is 0 Å². The summed E-state index contributed by atoms with van der Waals surface area (Å²) in [6.45, 7) is 0.595. The molecule has 1 fully saturated rings. The second kappa shape index (κ2) is 6.96. The number of aliphatic hydroxyl groups is 1. The van der Waals surface area contributed by atoms with Crippen LogP contribution in [0.3, 0.4) is 0 Å². The van der Waals surface area contributed by atoms with Crippen molar-refractivity contribution in [3.05, 3.63) is 34.2 Å². The Morgan fingerprint density at radius 2 is 2.41 bits per heavy atom. The van der Waals surface area contributed by atoms with Crippen LogP contribution in [0.4, 0.5) is 0 Å². The molecule has 1 aromatic heterocycles. The van der Waals surface area contributed by atoms with Gasteiger partial charge >= 0.3 is 0 Å². The van der Waals surface area contributed by atoms with Crippen molar-refractivity contribution in [2.24, 2.45) is 0 Å². The number of carbonyl (C=O) groups is 1. The second-order valence-electron chi connectivity index (χ2n) is 5.49. The summed E-state index contributed by atoms with van der Waals surface area (Å²) in [4.78, 5) is 12.3. The lowest BCUT2D eigenvalue weighted by Crippen LogP contribution is -2.46. The van der Waals surface area contributed by atoms with Crippen LogP contribution in [0.2, 0.25) is 5.02 Å². The van der Waals surface area contributed by atoms with Gasteiger partial charge < -0.3 is 15.2 Å². The lowest BCUT2D eigenvalue weighted by Gasteiger charge is -2.22. The number of halogens is 1. The van der Waals surface area contributed by atoms with Gasteiger partial charge in [0.25, 0.3) is 0 Å². The Bertz CT molecular complexity index is 666. The predicted molar refractivity (Wildman–Crippen MR) is 88.5 cm³/mol. The third-order valence-electron chi connectivity index (χ3n) is 3.92. The van der Waals surface area contributed by atoms with E-state index in [9.17, 15) is 9.90 Å². The van der Waals surface area contributed by atoms with Gasteiger partial charge in [0.2, 0.25) is 5.91 Å². The minimum atomic E-state index is -0.330. The van der Waals surface area contributed by atoms with Crippen LogP contribution in [0.15, 0.2) is 23.6 Å². The molecule has 3 rings (SSSR count). The van der Waals surface area contributed by atoms with Crippen molar-refractivity contribution >= 4 is 38.9 Å². The largest absolute Gasteiger partial charge is 0.394 e. The van der Waals surface area contributed by atoms with Crippen molar-refractivity contribution in [3.8, 4) is 0 Å². The zero-order chi connectivity index (χ0) is 15.5. The normalized spacial score (nSPS) is 19.5. The molecule has 1 saturated heterocycles. The van der Waals surface area contributed by atoms with E-state index in [-0.39, 0.29) is 31.1 Å². The first-order valence-corrected chi connectivity index (χ1v) is 8.60. The van der Waals surface area contributed by atoms with E-state index in [1.54, 1.807) is 11.3 Å². The first kappa shape index (κ1) is 15.7. The highest BCUT2D eigenvalue weighted by molar-refractivity contribution is 7.17. The summed E-state index contributed by atoms with van der Waals surface area (Å²) in [5.41, 5.74) is 0.962. The Morgan fingerprint density at radius 1 is 1.55 bits per heavy atom. The summed E-state index contributed by atoms with van der Waals surface area (Å²) in [7, 11) is 0. The molecule has 2 aromatic rings. The molecule has 0 saturated carbocycles. The molecule has 1 aliphatic rings. The average molecular weight is 340 g/mol. The van der Waals surface area contributed by atoms with Crippen molar-refractivity contribution in [2.75, 3.05) is 13.2 Å². The minimum absolute atomic E-state index is 0.0809. The fourth-order valence-electron chi connectivity index (χ4n) is 2.80. The smallest absolute Gasteiger partial charge is 0.224 e. The maximum Gasteiger partial charge on any atom is 0.224 e. The first-order valence-electron chi connectivity index (χ1n) is 7.35. The van der Waals surface area contributed by atoms with Gasteiger partial charge in [0.15, 0.2) is 0 Å². The highest BCUT2D eigenvalue weighted by Crippen LogP contribution is 2.29. The third kappa shape index (κ3) is 3.43. The van der Waals surface area contributed by atoms with E-state index in [1.165, 1.54) is 0 Å². The number of nitrogens with one attached hydrogen (secondary N) is 1. The Hall–Kier alpha value is -1.14. The summed E-state index contributed by atoms with van der Waals surface area (Å²) in [5.74, 6) is -0.103. The number of ether oxygens (including phenoxy) is 1. The standard InChI is InChI=1S/C16H18ClNO3S/c17-11-3-4-15-12(7-11)10(9-22-15)6-16(20)18-13(8-19)14-2-1-5-21-14/h3-4,7,9,13-14,19H,1-2,5-6,8H2,(H,18,20). The molecule has 4 nitrogen and oxygen atoms in total. The highest BCUT2D eigenvalue weighted by atomic mass is 35.5. The SMILES string of the molecule is O=C(Cc1csc2ccc(Cl)cc12)NC(CO)C1CCCO1. The fraction of sp³-hybridized carbons (Fsp3) is 0.438. The second-order valence-corrected chi connectivity index (χ2v) is 6.83. The molecular weight excluding hydrogens is 322 g/mol. The van der Waals surface area contributed by atoms with E-state index >= 15 is 0 Å². The molecule has 6 heteroatoms.